The highest BCUT2D eigenvalue weighted by atomic mass is 14.8. The zero-order valence-electron chi connectivity index (χ0n) is 11.7. The summed E-state index contributed by atoms with van der Waals surface area (Å²) in [7, 11) is 1.94. The minimum absolute atomic E-state index is 0.829. The molecule has 0 atom stereocenters. The molecule has 1 aromatic carbocycles. The third-order valence-corrected chi connectivity index (χ3v) is 3.34. The van der Waals surface area contributed by atoms with Crippen LogP contribution >= 0.6 is 0 Å². The van der Waals surface area contributed by atoms with Gasteiger partial charge < -0.3 is 5.32 Å². The lowest BCUT2D eigenvalue weighted by atomic mass is 10.0. The van der Waals surface area contributed by atoms with E-state index >= 15 is 0 Å². The summed E-state index contributed by atoms with van der Waals surface area (Å²) in [6.07, 6.45) is 3.80. The summed E-state index contributed by atoms with van der Waals surface area (Å²) in [5.41, 5.74) is 5.58. The minimum Gasteiger partial charge on any atom is -0.316 e. The highest BCUT2D eigenvalue weighted by molar-refractivity contribution is 5.84. The van der Waals surface area contributed by atoms with Crippen LogP contribution in [0.4, 0.5) is 0 Å². The number of pyridine rings is 2. The van der Waals surface area contributed by atoms with E-state index < -0.39 is 0 Å². The number of aromatic nitrogens is 2. The summed E-state index contributed by atoms with van der Waals surface area (Å²) >= 11 is 0. The van der Waals surface area contributed by atoms with Crippen molar-refractivity contribution in [1.82, 2.24) is 15.3 Å². The van der Waals surface area contributed by atoms with Crippen LogP contribution < -0.4 is 5.32 Å². The molecular weight excluding hydrogens is 246 g/mol. The molecule has 3 aromatic rings. The number of hydrogen-bond donors (Lipinski definition) is 1. The number of nitrogens with zero attached hydrogens (tertiary/aromatic N) is 2. The first kappa shape index (κ1) is 12.8. The van der Waals surface area contributed by atoms with Crippen LogP contribution in [-0.4, -0.2) is 17.0 Å². The fourth-order valence-electron chi connectivity index (χ4n) is 2.35. The molecule has 0 amide bonds. The van der Waals surface area contributed by atoms with Crippen molar-refractivity contribution in [3.63, 3.8) is 0 Å². The fraction of sp³-hybridized carbons (Fsp3) is 0.176. The summed E-state index contributed by atoms with van der Waals surface area (Å²) in [5, 5.41) is 4.31. The Kier molecular flexibility index (Phi) is 3.44. The first-order valence-corrected chi connectivity index (χ1v) is 6.72. The lowest BCUT2D eigenvalue weighted by Crippen LogP contribution is -2.05. The topological polar surface area (TPSA) is 37.8 Å². The average Bonchev–Trinajstić information content (AvgIpc) is 2.47. The Morgan fingerprint density at radius 1 is 1.00 bits per heavy atom. The summed E-state index contributed by atoms with van der Waals surface area (Å²) in [4.78, 5) is 8.85. The second-order valence-electron chi connectivity index (χ2n) is 4.97. The van der Waals surface area contributed by atoms with Crippen molar-refractivity contribution < 1.29 is 0 Å². The Bertz CT molecular complexity index is 750. The maximum Gasteiger partial charge on any atom is 0.0705 e. The number of aryl methyl sites for hydroxylation is 1. The van der Waals surface area contributed by atoms with E-state index in [9.17, 15) is 0 Å². The number of rotatable bonds is 3. The molecule has 3 heteroatoms. The highest BCUT2D eigenvalue weighted by Gasteiger charge is 2.02. The monoisotopic (exact) mass is 263 g/mol. The SMILES string of the molecule is CNCc1cncc(-c2ccc3nc(C)ccc3c2)c1. The zero-order valence-corrected chi connectivity index (χ0v) is 11.7. The van der Waals surface area contributed by atoms with Gasteiger partial charge in [0.05, 0.1) is 5.52 Å². The van der Waals surface area contributed by atoms with Crippen molar-refractivity contribution in [2.45, 2.75) is 13.5 Å². The molecule has 2 aromatic heterocycles. The molecule has 3 rings (SSSR count). The van der Waals surface area contributed by atoms with Crippen LogP contribution in [0.2, 0.25) is 0 Å². The Labute approximate surface area is 118 Å². The van der Waals surface area contributed by atoms with Gasteiger partial charge in [-0.3, -0.25) is 9.97 Å². The maximum atomic E-state index is 4.53. The molecule has 20 heavy (non-hydrogen) atoms. The third kappa shape index (κ3) is 2.53. The first-order chi connectivity index (χ1) is 9.76. The quantitative estimate of drug-likeness (QED) is 0.787. The van der Waals surface area contributed by atoms with Crippen LogP contribution in [0.3, 0.4) is 0 Å². The number of benzene rings is 1. The largest absolute Gasteiger partial charge is 0.316 e. The molecule has 0 bridgehead atoms. The van der Waals surface area contributed by atoms with Gasteiger partial charge in [-0.15, -0.1) is 0 Å². The van der Waals surface area contributed by atoms with Crippen molar-refractivity contribution >= 4 is 10.9 Å². The molecule has 0 fully saturated rings. The van der Waals surface area contributed by atoms with E-state index in [1.54, 1.807) is 0 Å². The Balaban J connectivity index is 2.05. The number of nitrogens with one attached hydrogen (secondary N) is 1. The standard InChI is InChI=1S/C17H17N3/c1-12-3-4-15-8-14(5-6-17(15)20-12)16-7-13(9-18-2)10-19-11-16/h3-8,10-11,18H,9H2,1-2H3. The molecular formula is C17H17N3. The minimum atomic E-state index is 0.829. The van der Waals surface area contributed by atoms with Crippen molar-refractivity contribution in [2.24, 2.45) is 0 Å². The van der Waals surface area contributed by atoms with Gasteiger partial charge in [-0.25, -0.2) is 0 Å². The lowest BCUT2D eigenvalue weighted by molar-refractivity contribution is 0.813. The number of fused-ring (bicyclic) bond motifs is 1. The van der Waals surface area contributed by atoms with E-state index in [2.05, 4.69) is 45.6 Å². The predicted octanol–water partition coefficient (Wildman–Crippen LogP) is 3.32. The molecule has 0 spiro atoms. The third-order valence-electron chi connectivity index (χ3n) is 3.34. The van der Waals surface area contributed by atoms with Crippen LogP contribution in [0.5, 0.6) is 0 Å². The Morgan fingerprint density at radius 2 is 1.90 bits per heavy atom. The van der Waals surface area contributed by atoms with Gasteiger partial charge in [0, 0.05) is 35.6 Å². The fourth-order valence-corrected chi connectivity index (χ4v) is 2.35. The van der Waals surface area contributed by atoms with Crippen molar-refractivity contribution in [3.05, 3.63) is 60.0 Å². The van der Waals surface area contributed by atoms with E-state index in [0.29, 0.717) is 0 Å². The first-order valence-electron chi connectivity index (χ1n) is 6.72. The predicted molar refractivity (Wildman–Crippen MR) is 82.5 cm³/mol. The van der Waals surface area contributed by atoms with Gasteiger partial charge in [0.1, 0.15) is 0 Å². The summed E-state index contributed by atoms with van der Waals surface area (Å²) in [6, 6.07) is 12.7. The van der Waals surface area contributed by atoms with Crippen molar-refractivity contribution in [2.75, 3.05) is 7.05 Å². The molecule has 0 aliphatic rings. The van der Waals surface area contributed by atoms with Gasteiger partial charge in [-0.2, -0.15) is 0 Å². The molecule has 0 aliphatic heterocycles. The zero-order chi connectivity index (χ0) is 13.9. The van der Waals surface area contributed by atoms with Crippen LogP contribution in [0.1, 0.15) is 11.3 Å². The van der Waals surface area contributed by atoms with Crippen LogP contribution in [0, 0.1) is 6.92 Å². The van der Waals surface area contributed by atoms with Crippen LogP contribution in [0.25, 0.3) is 22.0 Å². The van der Waals surface area contributed by atoms with E-state index in [0.717, 1.165) is 28.7 Å². The van der Waals surface area contributed by atoms with Crippen LogP contribution in [-0.2, 0) is 6.54 Å². The molecule has 0 saturated heterocycles. The van der Waals surface area contributed by atoms with E-state index in [-0.39, 0.29) is 0 Å². The van der Waals surface area contributed by atoms with E-state index in [4.69, 9.17) is 0 Å². The maximum absolute atomic E-state index is 4.53. The van der Waals surface area contributed by atoms with E-state index in [1.165, 1.54) is 11.1 Å². The van der Waals surface area contributed by atoms with Gasteiger partial charge in [0.2, 0.25) is 0 Å². The highest BCUT2D eigenvalue weighted by Crippen LogP contribution is 2.24. The second-order valence-corrected chi connectivity index (χ2v) is 4.97. The number of hydrogen-bond acceptors (Lipinski definition) is 3. The Morgan fingerprint density at radius 3 is 2.75 bits per heavy atom. The Hall–Kier alpha value is -2.26. The van der Waals surface area contributed by atoms with Gasteiger partial charge in [-0.05, 0) is 49.4 Å². The van der Waals surface area contributed by atoms with Gasteiger partial charge in [0.15, 0.2) is 0 Å². The van der Waals surface area contributed by atoms with Crippen molar-refractivity contribution in [1.29, 1.82) is 0 Å². The molecule has 0 unspecified atom stereocenters. The smallest absolute Gasteiger partial charge is 0.0705 e. The van der Waals surface area contributed by atoms with Crippen molar-refractivity contribution in [3.8, 4) is 11.1 Å². The van der Waals surface area contributed by atoms with Gasteiger partial charge in [0.25, 0.3) is 0 Å². The summed E-state index contributed by atoms with van der Waals surface area (Å²) < 4.78 is 0. The summed E-state index contributed by atoms with van der Waals surface area (Å²) in [6.45, 7) is 2.84. The molecule has 2 heterocycles. The van der Waals surface area contributed by atoms with E-state index in [1.807, 2.05) is 32.4 Å². The van der Waals surface area contributed by atoms with Crippen LogP contribution in [0.15, 0.2) is 48.8 Å². The molecule has 1 N–H and O–H groups in total. The van der Waals surface area contributed by atoms with Gasteiger partial charge in [-0.1, -0.05) is 12.1 Å². The average molecular weight is 263 g/mol. The second kappa shape index (κ2) is 5.39. The molecule has 3 nitrogen and oxygen atoms in total. The normalized spacial score (nSPS) is 10.9. The lowest BCUT2D eigenvalue weighted by Gasteiger charge is -2.06. The molecule has 0 saturated carbocycles. The molecule has 0 radical (unpaired) electrons. The molecule has 0 aliphatic carbocycles. The van der Waals surface area contributed by atoms with Gasteiger partial charge >= 0.3 is 0 Å². The molecule has 100 valence electrons. The summed E-state index contributed by atoms with van der Waals surface area (Å²) in [5.74, 6) is 0.